The standard InChI is InChI=1S/C15H16FNO2S/c1-17(7-6-15(18)19)10-11-4-5-13(16)12(9-11)14-3-2-8-20-14/h2-5,8-9H,6-7,10H2,1H3,(H,18,19). The van der Waals surface area contributed by atoms with Gasteiger partial charge in [-0.2, -0.15) is 0 Å². The molecule has 1 aromatic heterocycles. The number of thiophene rings is 1. The lowest BCUT2D eigenvalue weighted by molar-refractivity contribution is -0.137. The Morgan fingerprint density at radius 2 is 2.20 bits per heavy atom. The Bertz CT molecular complexity index is 584. The molecular weight excluding hydrogens is 277 g/mol. The van der Waals surface area contributed by atoms with Crippen LogP contribution in [0.1, 0.15) is 12.0 Å². The van der Waals surface area contributed by atoms with E-state index in [4.69, 9.17) is 5.11 Å². The predicted molar refractivity (Wildman–Crippen MR) is 78.3 cm³/mol. The second-order valence-corrected chi connectivity index (χ2v) is 5.62. The van der Waals surface area contributed by atoms with E-state index in [9.17, 15) is 9.18 Å². The smallest absolute Gasteiger partial charge is 0.304 e. The number of carboxylic acid groups (broad SMARTS) is 1. The van der Waals surface area contributed by atoms with E-state index < -0.39 is 5.97 Å². The lowest BCUT2D eigenvalue weighted by Gasteiger charge is -2.16. The van der Waals surface area contributed by atoms with Crippen molar-refractivity contribution in [1.82, 2.24) is 4.90 Å². The van der Waals surface area contributed by atoms with Gasteiger partial charge in [0.15, 0.2) is 0 Å². The molecule has 0 radical (unpaired) electrons. The summed E-state index contributed by atoms with van der Waals surface area (Å²) in [5.41, 5.74) is 1.58. The van der Waals surface area contributed by atoms with Crippen molar-refractivity contribution >= 4 is 17.3 Å². The number of carbonyl (C=O) groups is 1. The molecule has 0 fully saturated rings. The second-order valence-electron chi connectivity index (χ2n) is 4.67. The molecule has 0 unspecified atom stereocenters. The Morgan fingerprint density at radius 1 is 1.40 bits per heavy atom. The fraction of sp³-hybridized carbons (Fsp3) is 0.267. The molecule has 1 N–H and O–H groups in total. The highest BCUT2D eigenvalue weighted by molar-refractivity contribution is 7.13. The maximum atomic E-state index is 13.8. The minimum atomic E-state index is -0.810. The van der Waals surface area contributed by atoms with E-state index in [1.807, 2.05) is 35.5 Å². The fourth-order valence-corrected chi connectivity index (χ4v) is 2.71. The Hall–Kier alpha value is -1.72. The van der Waals surface area contributed by atoms with Crippen LogP contribution < -0.4 is 0 Å². The van der Waals surface area contributed by atoms with E-state index in [-0.39, 0.29) is 12.2 Å². The van der Waals surface area contributed by atoms with Gasteiger partial charge in [0.2, 0.25) is 0 Å². The van der Waals surface area contributed by atoms with E-state index in [1.165, 1.54) is 17.4 Å². The number of nitrogens with zero attached hydrogens (tertiary/aromatic N) is 1. The SMILES string of the molecule is CN(CCC(=O)O)Cc1ccc(F)c(-c2cccs2)c1. The van der Waals surface area contributed by atoms with Gasteiger partial charge < -0.3 is 10.0 Å². The molecule has 0 aliphatic heterocycles. The second kappa shape index (κ2) is 6.63. The van der Waals surface area contributed by atoms with Crippen LogP contribution in [0.25, 0.3) is 10.4 Å². The van der Waals surface area contributed by atoms with Gasteiger partial charge in [-0.05, 0) is 36.2 Å². The zero-order valence-corrected chi connectivity index (χ0v) is 12.0. The van der Waals surface area contributed by atoms with E-state index >= 15 is 0 Å². The summed E-state index contributed by atoms with van der Waals surface area (Å²) in [6, 6.07) is 8.82. The predicted octanol–water partition coefficient (Wildman–Crippen LogP) is 3.46. The summed E-state index contributed by atoms with van der Waals surface area (Å²) in [6.07, 6.45) is 0.107. The van der Waals surface area contributed by atoms with Crippen LogP contribution in [-0.2, 0) is 11.3 Å². The van der Waals surface area contributed by atoms with Gasteiger partial charge >= 0.3 is 5.97 Å². The Balaban J connectivity index is 2.10. The Morgan fingerprint density at radius 3 is 2.85 bits per heavy atom. The van der Waals surface area contributed by atoms with E-state index in [0.717, 1.165) is 10.4 Å². The van der Waals surface area contributed by atoms with Crippen molar-refractivity contribution in [3.05, 3.63) is 47.1 Å². The number of rotatable bonds is 6. The van der Waals surface area contributed by atoms with Crippen LogP contribution in [0.3, 0.4) is 0 Å². The van der Waals surface area contributed by atoms with Crippen molar-refractivity contribution < 1.29 is 14.3 Å². The highest BCUT2D eigenvalue weighted by Crippen LogP contribution is 2.28. The van der Waals surface area contributed by atoms with Gasteiger partial charge in [-0.1, -0.05) is 12.1 Å². The number of aliphatic carboxylic acids is 1. The first-order valence-corrected chi connectivity index (χ1v) is 7.17. The molecule has 0 bridgehead atoms. The van der Waals surface area contributed by atoms with Gasteiger partial charge in [0.1, 0.15) is 5.82 Å². The zero-order chi connectivity index (χ0) is 14.5. The van der Waals surface area contributed by atoms with Gasteiger partial charge in [-0.15, -0.1) is 11.3 Å². The van der Waals surface area contributed by atoms with Gasteiger partial charge in [-0.25, -0.2) is 4.39 Å². The van der Waals surface area contributed by atoms with Gasteiger partial charge in [0, 0.05) is 23.5 Å². The highest BCUT2D eigenvalue weighted by Gasteiger charge is 2.09. The van der Waals surface area contributed by atoms with Crippen LogP contribution >= 0.6 is 11.3 Å². The lowest BCUT2D eigenvalue weighted by atomic mass is 10.1. The number of hydrogen-bond acceptors (Lipinski definition) is 3. The van der Waals surface area contributed by atoms with E-state index in [0.29, 0.717) is 18.7 Å². The molecule has 1 aromatic carbocycles. The van der Waals surface area contributed by atoms with Crippen molar-refractivity contribution in [2.24, 2.45) is 0 Å². The first-order chi connectivity index (χ1) is 9.56. The maximum Gasteiger partial charge on any atom is 0.304 e. The van der Waals surface area contributed by atoms with Crippen LogP contribution in [0.15, 0.2) is 35.7 Å². The summed E-state index contributed by atoms with van der Waals surface area (Å²) in [6.45, 7) is 1.08. The van der Waals surface area contributed by atoms with Crippen molar-refractivity contribution in [2.45, 2.75) is 13.0 Å². The van der Waals surface area contributed by atoms with Gasteiger partial charge in [0.25, 0.3) is 0 Å². The lowest BCUT2D eigenvalue weighted by Crippen LogP contribution is -2.21. The number of benzene rings is 1. The largest absolute Gasteiger partial charge is 0.481 e. The molecule has 0 aliphatic rings. The molecule has 20 heavy (non-hydrogen) atoms. The van der Waals surface area contributed by atoms with Crippen molar-refractivity contribution in [3.8, 4) is 10.4 Å². The van der Waals surface area contributed by atoms with Crippen molar-refractivity contribution in [1.29, 1.82) is 0 Å². The normalized spacial score (nSPS) is 10.9. The number of hydrogen-bond donors (Lipinski definition) is 1. The maximum absolute atomic E-state index is 13.8. The monoisotopic (exact) mass is 293 g/mol. The first-order valence-electron chi connectivity index (χ1n) is 6.29. The molecule has 0 atom stereocenters. The van der Waals surface area contributed by atoms with Crippen LogP contribution in [0.5, 0.6) is 0 Å². The molecule has 5 heteroatoms. The molecule has 0 aliphatic carbocycles. The summed E-state index contributed by atoms with van der Waals surface area (Å²) in [7, 11) is 1.86. The summed E-state index contributed by atoms with van der Waals surface area (Å²) < 4.78 is 13.8. The Kier molecular flexibility index (Phi) is 4.87. The molecule has 0 spiro atoms. The molecule has 3 nitrogen and oxygen atoms in total. The number of halogens is 1. The highest BCUT2D eigenvalue weighted by atomic mass is 32.1. The molecule has 2 aromatic rings. The minimum absolute atomic E-state index is 0.107. The summed E-state index contributed by atoms with van der Waals surface area (Å²) >= 11 is 1.50. The Labute approximate surface area is 121 Å². The third-order valence-corrected chi connectivity index (χ3v) is 3.88. The van der Waals surface area contributed by atoms with Gasteiger partial charge in [0.05, 0.1) is 6.42 Å². The molecule has 1 heterocycles. The minimum Gasteiger partial charge on any atom is -0.481 e. The quantitative estimate of drug-likeness (QED) is 0.886. The van der Waals surface area contributed by atoms with Crippen LogP contribution in [-0.4, -0.2) is 29.6 Å². The summed E-state index contributed by atoms with van der Waals surface area (Å²) in [5, 5.41) is 10.6. The number of carboxylic acids is 1. The van der Waals surface area contributed by atoms with Crippen molar-refractivity contribution in [3.63, 3.8) is 0 Å². The molecule has 2 rings (SSSR count). The van der Waals surface area contributed by atoms with E-state index in [2.05, 4.69) is 0 Å². The summed E-state index contributed by atoms with van der Waals surface area (Å²) in [4.78, 5) is 13.4. The molecular formula is C15H16FNO2S. The van der Waals surface area contributed by atoms with Gasteiger partial charge in [-0.3, -0.25) is 4.79 Å². The van der Waals surface area contributed by atoms with Crippen LogP contribution in [0.2, 0.25) is 0 Å². The van der Waals surface area contributed by atoms with E-state index in [1.54, 1.807) is 6.07 Å². The van der Waals surface area contributed by atoms with Crippen LogP contribution in [0, 0.1) is 5.82 Å². The molecule has 0 amide bonds. The summed E-state index contributed by atoms with van der Waals surface area (Å²) in [5.74, 6) is -1.04. The fourth-order valence-electron chi connectivity index (χ4n) is 1.97. The van der Waals surface area contributed by atoms with Crippen LogP contribution in [0.4, 0.5) is 4.39 Å². The average molecular weight is 293 g/mol. The molecule has 0 saturated heterocycles. The topological polar surface area (TPSA) is 40.5 Å². The van der Waals surface area contributed by atoms with Crippen molar-refractivity contribution in [2.75, 3.05) is 13.6 Å². The third-order valence-electron chi connectivity index (χ3n) is 2.98. The molecule has 0 saturated carbocycles. The average Bonchev–Trinajstić information content (AvgIpc) is 2.92. The first kappa shape index (κ1) is 14.7. The third kappa shape index (κ3) is 3.88. The zero-order valence-electron chi connectivity index (χ0n) is 11.2. The molecule has 106 valence electrons.